The fraction of sp³-hybridized carbons (Fsp3) is 0.261. The molecule has 0 aliphatic carbocycles. The summed E-state index contributed by atoms with van der Waals surface area (Å²) in [6.45, 7) is 1.09. The third-order valence-electron chi connectivity index (χ3n) is 5.14. The van der Waals surface area contributed by atoms with Crippen LogP contribution in [0.25, 0.3) is 5.69 Å². The highest BCUT2D eigenvalue weighted by atomic mass is 16.2. The van der Waals surface area contributed by atoms with E-state index in [0.29, 0.717) is 19.4 Å². The lowest BCUT2D eigenvalue weighted by molar-refractivity contribution is -0.121. The van der Waals surface area contributed by atoms with Gasteiger partial charge in [0.05, 0.1) is 12.1 Å². The lowest BCUT2D eigenvalue weighted by Crippen LogP contribution is -2.38. The fourth-order valence-corrected chi connectivity index (χ4v) is 3.67. The van der Waals surface area contributed by atoms with Gasteiger partial charge in [-0.25, -0.2) is 4.68 Å². The number of fused-ring (bicyclic) bond motifs is 1. The van der Waals surface area contributed by atoms with Crippen molar-refractivity contribution in [2.24, 2.45) is 0 Å². The van der Waals surface area contributed by atoms with E-state index in [0.717, 1.165) is 36.3 Å². The lowest BCUT2D eigenvalue weighted by Gasteiger charge is -2.29. The number of aromatic nitrogens is 2. The van der Waals surface area contributed by atoms with E-state index >= 15 is 0 Å². The molecule has 1 aromatic heterocycles. The van der Waals surface area contributed by atoms with E-state index in [1.807, 2.05) is 59.6 Å². The van der Waals surface area contributed by atoms with Crippen molar-refractivity contribution in [1.29, 1.82) is 0 Å². The molecule has 2 amide bonds. The summed E-state index contributed by atoms with van der Waals surface area (Å²) in [5.41, 5.74) is 4.10. The number of nitrogens with one attached hydrogen (secondary N) is 1. The van der Waals surface area contributed by atoms with Crippen LogP contribution in [0.3, 0.4) is 0 Å². The SMILES string of the molecule is O=C(Cc1ccc(-n2cccn2)cc1)NCCC(=O)N1CCCc2ccccc21. The van der Waals surface area contributed by atoms with Crippen LogP contribution in [0.4, 0.5) is 5.69 Å². The molecule has 4 rings (SSSR count). The van der Waals surface area contributed by atoms with Gasteiger partial charge in [-0.3, -0.25) is 9.59 Å². The average molecular weight is 388 g/mol. The molecule has 0 saturated carbocycles. The Morgan fingerprint density at radius 2 is 1.86 bits per heavy atom. The number of anilines is 1. The minimum Gasteiger partial charge on any atom is -0.355 e. The van der Waals surface area contributed by atoms with Crippen molar-refractivity contribution in [3.05, 3.63) is 78.1 Å². The van der Waals surface area contributed by atoms with Crippen molar-refractivity contribution in [1.82, 2.24) is 15.1 Å². The van der Waals surface area contributed by atoms with Gasteiger partial charge < -0.3 is 10.2 Å². The van der Waals surface area contributed by atoms with E-state index in [4.69, 9.17) is 0 Å². The van der Waals surface area contributed by atoms with E-state index in [9.17, 15) is 9.59 Å². The quantitative estimate of drug-likeness (QED) is 0.706. The molecule has 3 aromatic rings. The van der Waals surface area contributed by atoms with Crippen LogP contribution in [0.5, 0.6) is 0 Å². The number of hydrogen-bond acceptors (Lipinski definition) is 3. The molecule has 0 spiro atoms. The second kappa shape index (κ2) is 8.73. The monoisotopic (exact) mass is 388 g/mol. The Kier molecular flexibility index (Phi) is 5.70. The predicted molar refractivity (Wildman–Crippen MR) is 112 cm³/mol. The second-order valence-electron chi connectivity index (χ2n) is 7.17. The van der Waals surface area contributed by atoms with Crippen LogP contribution in [-0.2, 0) is 22.4 Å². The molecular formula is C23H24N4O2. The van der Waals surface area contributed by atoms with Gasteiger partial charge in [0.1, 0.15) is 0 Å². The zero-order chi connectivity index (χ0) is 20.1. The van der Waals surface area contributed by atoms with Crippen LogP contribution in [0.15, 0.2) is 67.0 Å². The highest BCUT2D eigenvalue weighted by Crippen LogP contribution is 2.27. The molecule has 6 heteroatoms. The van der Waals surface area contributed by atoms with Gasteiger partial charge in [0.2, 0.25) is 11.8 Å². The van der Waals surface area contributed by atoms with Crippen molar-refractivity contribution in [3.63, 3.8) is 0 Å². The number of carbonyl (C=O) groups excluding carboxylic acids is 2. The van der Waals surface area contributed by atoms with Gasteiger partial charge in [0, 0.05) is 37.6 Å². The Morgan fingerprint density at radius 1 is 1.03 bits per heavy atom. The first kappa shape index (κ1) is 18.9. The number of nitrogens with zero attached hydrogens (tertiary/aromatic N) is 3. The molecule has 1 aliphatic rings. The van der Waals surface area contributed by atoms with Crippen molar-refractivity contribution in [2.75, 3.05) is 18.0 Å². The Hall–Kier alpha value is -3.41. The summed E-state index contributed by atoms with van der Waals surface area (Å²) in [6.07, 6.45) is 6.18. The van der Waals surface area contributed by atoms with Crippen LogP contribution in [0, 0.1) is 0 Å². The first-order valence-corrected chi connectivity index (χ1v) is 9.94. The van der Waals surface area contributed by atoms with Gasteiger partial charge in [-0.1, -0.05) is 30.3 Å². The molecule has 6 nitrogen and oxygen atoms in total. The van der Waals surface area contributed by atoms with E-state index in [-0.39, 0.29) is 11.8 Å². The van der Waals surface area contributed by atoms with Crippen molar-refractivity contribution in [2.45, 2.75) is 25.7 Å². The first-order chi connectivity index (χ1) is 14.2. The van der Waals surface area contributed by atoms with Gasteiger partial charge in [-0.15, -0.1) is 0 Å². The van der Waals surface area contributed by atoms with E-state index < -0.39 is 0 Å². The molecule has 1 N–H and O–H groups in total. The van der Waals surface area contributed by atoms with Crippen LogP contribution >= 0.6 is 0 Å². The molecule has 1 aliphatic heterocycles. The lowest BCUT2D eigenvalue weighted by atomic mass is 10.0. The summed E-state index contributed by atoms with van der Waals surface area (Å²) in [4.78, 5) is 26.7. The molecular weight excluding hydrogens is 364 g/mol. The van der Waals surface area contributed by atoms with Gasteiger partial charge in [-0.05, 0) is 48.2 Å². The number of amides is 2. The zero-order valence-corrected chi connectivity index (χ0v) is 16.3. The molecule has 0 fully saturated rings. The molecule has 0 radical (unpaired) electrons. The topological polar surface area (TPSA) is 67.2 Å². The highest BCUT2D eigenvalue weighted by Gasteiger charge is 2.21. The first-order valence-electron chi connectivity index (χ1n) is 9.94. The molecule has 0 atom stereocenters. The van der Waals surface area contributed by atoms with E-state index in [1.54, 1.807) is 10.9 Å². The zero-order valence-electron chi connectivity index (χ0n) is 16.3. The van der Waals surface area contributed by atoms with Crippen molar-refractivity contribution in [3.8, 4) is 5.69 Å². The standard InChI is InChI=1S/C23H24N4O2/c28-22(17-18-8-10-20(11-9-18)27-16-4-13-25-27)24-14-12-23(29)26-15-3-6-19-5-1-2-7-21(19)26/h1-2,4-5,7-11,13,16H,3,6,12,14-15,17H2,(H,24,28). The van der Waals surface area contributed by atoms with Crippen molar-refractivity contribution < 1.29 is 9.59 Å². The second-order valence-corrected chi connectivity index (χ2v) is 7.17. The van der Waals surface area contributed by atoms with Crippen LogP contribution in [0.2, 0.25) is 0 Å². The molecule has 0 bridgehead atoms. The molecule has 29 heavy (non-hydrogen) atoms. The summed E-state index contributed by atoms with van der Waals surface area (Å²) < 4.78 is 1.77. The van der Waals surface area contributed by atoms with Crippen LogP contribution in [0.1, 0.15) is 24.0 Å². The summed E-state index contributed by atoms with van der Waals surface area (Å²) in [7, 11) is 0. The predicted octanol–water partition coefficient (Wildman–Crippen LogP) is 2.90. The minimum absolute atomic E-state index is 0.0565. The molecule has 0 unspecified atom stereocenters. The summed E-state index contributed by atoms with van der Waals surface area (Å²) in [5.74, 6) is -0.0234. The van der Waals surface area contributed by atoms with Crippen LogP contribution in [-0.4, -0.2) is 34.7 Å². The maximum Gasteiger partial charge on any atom is 0.228 e. The van der Waals surface area contributed by atoms with Gasteiger partial charge >= 0.3 is 0 Å². The number of aryl methyl sites for hydroxylation is 1. The molecule has 2 aromatic carbocycles. The van der Waals surface area contributed by atoms with Crippen molar-refractivity contribution >= 4 is 17.5 Å². The Labute approximate surface area is 170 Å². The third-order valence-corrected chi connectivity index (χ3v) is 5.14. The highest BCUT2D eigenvalue weighted by molar-refractivity contribution is 5.95. The third kappa shape index (κ3) is 4.54. The Bertz CT molecular complexity index is 980. The maximum atomic E-state index is 12.6. The Morgan fingerprint density at radius 3 is 2.66 bits per heavy atom. The summed E-state index contributed by atoms with van der Waals surface area (Å²) >= 11 is 0. The molecule has 148 valence electrons. The van der Waals surface area contributed by atoms with Gasteiger partial charge in [-0.2, -0.15) is 5.10 Å². The summed E-state index contributed by atoms with van der Waals surface area (Å²) in [6, 6.07) is 17.6. The van der Waals surface area contributed by atoms with Crippen LogP contribution < -0.4 is 10.2 Å². The average Bonchev–Trinajstić information content (AvgIpc) is 3.29. The fourth-order valence-electron chi connectivity index (χ4n) is 3.67. The number of benzene rings is 2. The Balaban J connectivity index is 1.26. The van der Waals surface area contributed by atoms with Gasteiger partial charge in [0.25, 0.3) is 0 Å². The van der Waals surface area contributed by atoms with Gasteiger partial charge in [0.15, 0.2) is 0 Å². The molecule has 2 heterocycles. The number of hydrogen-bond donors (Lipinski definition) is 1. The number of carbonyl (C=O) groups is 2. The number of rotatable bonds is 6. The maximum absolute atomic E-state index is 12.6. The normalized spacial score (nSPS) is 13.0. The summed E-state index contributed by atoms with van der Waals surface area (Å²) in [5, 5.41) is 7.05. The van der Waals surface area contributed by atoms with E-state index in [2.05, 4.69) is 16.5 Å². The van der Waals surface area contributed by atoms with E-state index in [1.165, 1.54) is 5.56 Å². The minimum atomic E-state index is -0.0799. The number of para-hydroxylation sites is 1. The molecule has 0 saturated heterocycles. The largest absolute Gasteiger partial charge is 0.355 e. The smallest absolute Gasteiger partial charge is 0.228 e.